The van der Waals surface area contributed by atoms with E-state index < -0.39 is 24.1 Å². The van der Waals surface area contributed by atoms with Crippen LogP contribution in [0.25, 0.3) is 0 Å². The number of cyclic esters (lactones) is 1. The van der Waals surface area contributed by atoms with Crippen LogP contribution in [0.3, 0.4) is 0 Å². The zero-order chi connectivity index (χ0) is 11.8. The van der Waals surface area contributed by atoms with Gasteiger partial charge in [0, 0.05) is 6.42 Å². The van der Waals surface area contributed by atoms with Crippen LogP contribution >= 0.6 is 0 Å². The van der Waals surface area contributed by atoms with Crippen LogP contribution < -0.4 is 0 Å². The molecule has 1 N–H and O–H groups in total. The number of hydrogen-bond acceptors (Lipinski definition) is 5. The Morgan fingerprint density at radius 3 is 2.75 bits per heavy atom. The maximum absolute atomic E-state index is 11.1. The number of aliphatic hydroxyl groups is 1. The summed E-state index contributed by atoms with van der Waals surface area (Å²) in [6, 6.07) is 0. The van der Waals surface area contributed by atoms with Crippen LogP contribution in [-0.2, 0) is 19.0 Å². The molecule has 3 atom stereocenters. The van der Waals surface area contributed by atoms with Crippen LogP contribution in [0.2, 0.25) is 0 Å². The Balaban J connectivity index is 1.92. The first-order valence-corrected chi connectivity index (χ1v) is 5.67. The second kappa shape index (κ2) is 4.31. The first kappa shape index (κ1) is 11.8. The molecule has 2 fully saturated rings. The van der Waals surface area contributed by atoms with E-state index in [1.54, 1.807) is 13.8 Å². The van der Waals surface area contributed by atoms with Crippen molar-refractivity contribution in [2.24, 2.45) is 0 Å². The molecule has 2 rings (SSSR count). The molecule has 5 nitrogen and oxygen atoms in total. The molecule has 16 heavy (non-hydrogen) atoms. The summed E-state index contributed by atoms with van der Waals surface area (Å²) in [5.41, 5.74) is 0. The minimum absolute atomic E-state index is 0.242. The number of carbonyl (C=O) groups excluding carboxylic acids is 1. The highest BCUT2D eigenvalue weighted by Gasteiger charge is 2.41. The first-order valence-electron chi connectivity index (χ1n) is 5.67. The third-order valence-electron chi connectivity index (χ3n) is 2.94. The third kappa shape index (κ3) is 2.53. The highest BCUT2D eigenvalue weighted by molar-refractivity contribution is 5.70. The lowest BCUT2D eigenvalue weighted by atomic mass is 10.0. The summed E-state index contributed by atoms with van der Waals surface area (Å²) >= 11 is 0. The molecule has 2 aliphatic rings. The number of carbonyl (C=O) groups is 1. The summed E-state index contributed by atoms with van der Waals surface area (Å²) < 4.78 is 16.0. The molecule has 5 heteroatoms. The Labute approximate surface area is 94.7 Å². The number of ether oxygens (including phenoxy) is 3. The minimum Gasteiger partial charge on any atom is -0.459 e. The fourth-order valence-electron chi connectivity index (χ4n) is 2.10. The van der Waals surface area contributed by atoms with Crippen molar-refractivity contribution >= 4 is 5.97 Å². The zero-order valence-electron chi connectivity index (χ0n) is 9.64. The van der Waals surface area contributed by atoms with Crippen LogP contribution in [0.1, 0.15) is 33.1 Å². The minimum atomic E-state index is -0.800. The molecule has 92 valence electrons. The van der Waals surface area contributed by atoms with Gasteiger partial charge in [0.05, 0.1) is 6.61 Å². The second-order valence-electron chi connectivity index (χ2n) is 4.78. The molecular weight excluding hydrogens is 212 g/mol. The van der Waals surface area contributed by atoms with Gasteiger partial charge in [-0.2, -0.15) is 0 Å². The van der Waals surface area contributed by atoms with Gasteiger partial charge in [0.15, 0.2) is 5.79 Å². The summed E-state index contributed by atoms with van der Waals surface area (Å²) in [5, 5.41) is 10.0. The molecule has 0 aromatic heterocycles. The number of rotatable bonds is 2. The molecule has 0 bridgehead atoms. The molecule has 0 spiro atoms. The summed E-state index contributed by atoms with van der Waals surface area (Å²) in [6.07, 6.45) is 0.224. The normalized spacial score (nSPS) is 35.8. The molecule has 2 heterocycles. The Morgan fingerprint density at radius 1 is 1.44 bits per heavy atom. The quantitative estimate of drug-likeness (QED) is 0.703. The van der Waals surface area contributed by atoms with E-state index in [1.165, 1.54) is 0 Å². The van der Waals surface area contributed by atoms with Crippen LogP contribution in [-0.4, -0.2) is 41.8 Å². The highest BCUT2D eigenvalue weighted by Crippen LogP contribution is 2.28. The van der Waals surface area contributed by atoms with Gasteiger partial charge in [-0.15, -0.1) is 0 Å². The van der Waals surface area contributed by atoms with Crippen molar-refractivity contribution in [3.8, 4) is 0 Å². The van der Waals surface area contributed by atoms with E-state index in [-0.39, 0.29) is 5.97 Å². The fourth-order valence-corrected chi connectivity index (χ4v) is 2.10. The van der Waals surface area contributed by atoms with Crippen molar-refractivity contribution in [2.75, 3.05) is 6.61 Å². The number of aliphatic hydroxyl groups excluding tert-OH is 1. The highest BCUT2D eigenvalue weighted by atomic mass is 16.7. The van der Waals surface area contributed by atoms with Crippen LogP contribution in [0, 0.1) is 0 Å². The van der Waals surface area contributed by atoms with E-state index in [2.05, 4.69) is 0 Å². The van der Waals surface area contributed by atoms with Crippen molar-refractivity contribution in [3.63, 3.8) is 0 Å². The maximum Gasteiger partial charge on any atom is 0.306 e. The summed E-state index contributed by atoms with van der Waals surface area (Å²) in [4.78, 5) is 11.1. The van der Waals surface area contributed by atoms with Gasteiger partial charge in [0.25, 0.3) is 0 Å². The number of esters is 1. The summed E-state index contributed by atoms with van der Waals surface area (Å²) in [5.74, 6) is -0.905. The predicted molar refractivity (Wildman–Crippen MR) is 54.6 cm³/mol. The Kier molecular flexibility index (Phi) is 3.19. The molecule has 0 aromatic rings. The van der Waals surface area contributed by atoms with Crippen molar-refractivity contribution in [1.29, 1.82) is 0 Å². The number of hydrogen-bond donors (Lipinski definition) is 1. The van der Waals surface area contributed by atoms with Crippen LogP contribution in [0.5, 0.6) is 0 Å². The van der Waals surface area contributed by atoms with Crippen LogP contribution in [0.4, 0.5) is 0 Å². The van der Waals surface area contributed by atoms with E-state index in [9.17, 15) is 9.90 Å². The van der Waals surface area contributed by atoms with E-state index in [0.29, 0.717) is 19.4 Å². The van der Waals surface area contributed by atoms with Crippen molar-refractivity contribution in [3.05, 3.63) is 0 Å². The molecule has 2 saturated heterocycles. The van der Waals surface area contributed by atoms with E-state index in [0.717, 1.165) is 6.42 Å². The monoisotopic (exact) mass is 230 g/mol. The van der Waals surface area contributed by atoms with Crippen molar-refractivity contribution < 1.29 is 24.1 Å². The largest absolute Gasteiger partial charge is 0.459 e. The lowest BCUT2D eigenvalue weighted by Crippen LogP contribution is -2.43. The van der Waals surface area contributed by atoms with Gasteiger partial charge in [0.2, 0.25) is 0 Å². The maximum atomic E-state index is 11.1. The second-order valence-corrected chi connectivity index (χ2v) is 4.78. The first-order chi connectivity index (χ1) is 7.48. The molecule has 0 radical (unpaired) electrons. The molecule has 0 saturated carbocycles. The predicted octanol–water partition coefficient (Wildman–Crippen LogP) is 0.595. The van der Waals surface area contributed by atoms with E-state index >= 15 is 0 Å². The molecule has 0 unspecified atom stereocenters. The SMILES string of the molecule is CC1(C)OC[C@H]([C@@H](O)[C@@H]2CCCC(=O)O2)O1. The van der Waals surface area contributed by atoms with Crippen molar-refractivity contribution in [2.45, 2.75) is 57.2 Å². The van der Waals surface area contributed by atoms with Gasteiger partial charge in [-0.05, 0) is 26.7 Å². The average Bonchev–Trinajstić information content (AvgIpc) is 2.58. The zero-order valence-corrected chi connectivity index (χ0v) is 9.64. The Hall–Kier alpha value is -0.650. The standard InChI is InChI=1S/C11H18O5/c1-11(2)14-6-8(16-11)10(13)7-4-3-5-9(12)15-7/h7-8,10,13H,3-6H2,1-2H3/t7-,8+,10-/m0/s1. The van der Waals surface area contributed by atoms with Gasteiger partial charge in [-0.1, -0.05) is 0 Å². The topological polar surface area (TPSA) is 65.0 Å². The van der Waals surface area contributed by atoms with Crippen LogP contribution in [0.15, 0.2) is 0 Å². The fraction of sp³-hybridized carbons (Fsp3) is 0.909. The molecule has 0 amide bonds. The molecule has 2 aliphatic heterocycles. The van der Waals surface area contributed by atoms with Gasteiger partial charge in [0.1, 0.15) is 18.3 Å². The Morgan fingerprint density at radius 2 is 2.19 bits per heavy atom. The van der Waals surface area contributed by atoms with Gasteiger partial charge >= 0.3 is 5.97 Å². The van der Waals surface area contributed by atoms with Gasteiger partial charge in [-0.25, -0.2) is 0 Å². The summed E-state index contributed by atoms with van der Waals surface area (Å²) in [6.45, 7) is 3.93. The van der Waals surface area contributed by atoms with Gasteiger partial charge in [-0.3, -0.25) is 4.79 Å². The Bertz CT molecular complexity index is 276. The molecule has 0 aliphatic carbocycles. The molecule has 0 aromatic carbocycles. The lowest BCUT2D eigenvalue weighted by Gasteiger charge is -2.29. The van der Waals surface area contributed by atoms with E-state index in [4.69, 9.17) is 14.2 Å². The molecular formula is C11H18O5. The smallest absolute Gasteiger partial charge is 0.306 e. The van der Waals surface area contributed by atoms with E-state index in [1.807, 2.05) is 0 Å². The van der Waals surface area contributed by atoms with Crippen molar-refractivity contribution in [1.82, 2.24) is 0 Å². The summed E-state index contributed by atoms with van der Waals surface area (Å²) in [7, 11) is 0. The van der Waals surface area contributed by atoms with Gasteiger partial charge < -0.3 is 19.3 Å². The average molecular weight is 230 g/mol. The lowest BCUT2D eigenvalue weighted by molar-refractivity contribution is -0.179. The third-order valence-corrected chi connectivity index (χ3v) is 2.94.